The van der Waals surface area contributed by atoms with Gasteiger partial charge in [0.2, 0.25) is 5.91 Å². The van der Waals surface area contributed by atoms with Gasteiger partial charge in [-0.05, 0) is 55.5 Å². The van der Waals surface area contributed by atoms with Crippen molar-refractivity contribution in [3.05, 3.63) is 54.1 Å². The van der Waals surface area contributed by atoms with Crippen LogP contribution in [0.2, 0.25) is 0 Å². The first-order valence-corrected chi connectivity index (χ1v) is 8.59. The highest BCUT2D eigenvalue weighted by Crippen LogP contribution is 2.24. The van der Waals surface area contributed by atoms with Gasteiger partial charge in [-0.25, -0.2) is 4.79 Å². The molecule has 1 unspecified atom stereocenters. The highest BCUT2D eigenvalue weighted by atomic mass is 16.5. The second-order valence-electron chi connectivity index (χ2n) is 6.34. The molecule has 1 fully saturated rings. The van der Waals surface area contributed by atoms with Gasteiger partial charge in [0, 0.05) is 29.9 Å². The van der Waals surface area contributed by atoms with E-state index in [0.717, 1.165) is 11.4 Å². The maximum Gasteiger partial charge on any atom is 0.319 e. The van der Waals surface area contributed by atoms with E-state index < -0.39 is 0 Å². The Labute approximate surface area is 157 Å². The lowest BCUT2D eigenvalue weighted by Gasteiger charge is -2.18. The highest BCUT2D eigenvalue weighted by Gasteiger charge is 2.31. The van der Waals surface area contributed by atoms with E-state index in [1.807, 2.05) is 12.1 Å². The summed E-state index contributed by atoms with van der Waals surface area (Å²) in [5.41, 5.74) is 1.93. The molecule has 3 amide bonds. The van der Waals surface area contributed by atoms with Crippen molar-refractivity contribution in [1.82, 2.24) is 5.32 Å². The minimum atomic E-state index is -0.389. The van der Waals surface area contributed by atoms with E-state index in [-0.39, 0.29) is 30.2 Å². The summed E-state index contributed by atoms with van der Waals surface area (Å²) in [5, 5.41) is 5.53. The van der Waals surface area contributed by atoms with Crippen LogP contribution in [-0.2, 0) is 4.79 Å². The molecule has 1 aliphatic heterocycles. The Bertz CT molecular complexity index is 847. The maximum atomic E-state index is 12.3. The number of rotatable bonds is 5. The number of urea groups is 1. The van der Waals surface area contributed by atoms with Gasteiger partial charge in [0.25, 0.3) is 0 Å². The van der Waals surface area contributed by atoms with Crippen LogP contribution in [0, 0.1) is 0 Å². The fraction of sp³-hybridized carbons (Fsp3) is 0.250. The zero-order valence-electron chi connectivity index (χ0n) is 15.2. The summed E-state index contributed by atoms with van der Waals surface area (Å²) in [6.45, 7) is 1.89. The van der Waals surface area contributed by atoms with Gasteiger partial charge in [0.15, 0.2) is 5.78 Å². The van der Waals surface area contributed by atoms with E-state index in [1.54, 1.807) is 48.4 Å². The van der Waals surface area contributed by atoms with Crippen LogP contribution in [0.15, 0.2) is 48.5 Å². The Morgan fingerprint density at radius 1 is 1.07 bits per heavy atom. The van der Waals surface area contributed by atoms with Gasteiger partial charge in [0.1, 0.15) is 5.75 Å². The molecule has 2 N–H and O–H groups in total. The number of nitrogens with zero attached hydrogens (tertiary/aromatic N) is 1. The Morgan fingerprint density at radius 2 is 1.74 bits per heavy atom. The van der Waals surface area contributed by atoms with Crippen LogP contribution in [0.1, 0.15) is 23.7 Å². The number of amides is 3. The molecule has 1 atom stereocenters. The van der Waals surface area contributed by atoms with Crippen molar-refractivity contribution in [2.24, 2.45) is 0 Å². The summed E-state index contributed by atoms with van der Waals surface area (Å²) >= 11 is 0. The van der Waals surface area contributed by atoms with Gasteiger partial charge < -0.3 is 20.3 Å². The molecule has 0 saturated carbocycles. The number of benzene rings is 2. The van der Waals surface area contributed by atoms with Gasteiger partial charge in [-0.1, -0.05) is 0 Å². The first-order chi connectivity index (χ1) is 13.0. The van der Waals surface area contributed by atoms with Crippen molar-refractivity contribution in [3.8, 4) is 5.75 Å². The van der Waals surface area contributed by atoms with Crippen molar-refractivity contribution in [2.75, 3.05) is 23.9 Å². The SMILES string of the molecule is COc1ccc(N2CC(NC(=O)Nc3ccc(C(C)=O)cc3)CC2=O)cc1. The average molecular weight is 367 g/mol. The van der Waals surface area contributed by atoms with Gasteiger partial charge in [-0.2, -0.15) is 0 Å². The third kappa shape index (κ3) is 4.44. The molecule has 2 aromatic rings. The fourth-order valence-corrected chi connectivity index (χ4v) is 2.96. The van der Waals surface area contributed by atoms with E-state index in [4.69, 9.17) is 4.74 Å². The third-order valence-electron chi connectivity index (χ3n) is 4.39. The van der Waals surface area contributed by atoms with Gasteiger partial charge in [-0.15, -0.1) is 0 Å². The zero-order valence-corrected chi connectivity index (χ0v) is 15.2. The molecule has 7 heteroatoms. The number of hydrogen-bond acceptors (Lipinski definition) is 4. The number of methoxy groups -OCH3 is 1. The molecule has 1 saturated heterocycles. The lowest BCUT2D eigenvalue weighted by atomic mass is 10.1. The predicted octanol–water partition coefficient (Wildman–Crippen LogP) is 2.82. The van der Waals surface area contributed by atoms with Crippen molar-refractivity contribution in [3.63, 3.8) is 0 Å². The highest BCUT2D eigenvalue weighted by molar-refractivity contribution is 5.98. The van der Waals surface area contributed by atoms with E-state index in [9.17, 15) is 14.4 Å². The number of carbonyl (C=O) groups is 3. The molecule has 7 nitrogen and oxygen atoms in total. The molecule has 3 rings (SSSR count). The van der Waals surface area contributed by atoms with Crippen molar-refractivity contribution < 1.29 is 19.1 Å². The largest absolute Gasteiger partial charge is 0.497 e. The number of ketones is 1. The molecular weight excluding hydrogens is 346 g/mol. The molecule has 0 spiro atoms. The minimum absolute atomic E-state index is 0.0332. The number of anilines is 2. The van der Waals surface area contributed by atoms with Crippen LogP contribution < -0.4 is 20.3 Å². The topological polar surface area (TPSA) is 87.7 Å². The number of ether oxygens (including phenoxy) is 1. The van der Waals surface area contributed by atoms with Crippen molar-refractivity contribution in [2.45, 2.75) is 19.4 Å². The van der Waals surface area contributed by atoms with Crippen molar-refractivity contribution >= 4 is 29.1 Å². The Kier molecular flexibility index (Phi) is 5.40. The molecule has 2 aromatic carbocycles. The van der Waals surface area contributed by atoms with Crippen LogP contribution in [0.5, 0.6) is 5.75 Å². The molecule has 27 heavy (non-hydrogen) atoms. The summed E-state index contributed by atoms with van der Waals surface area (Å²) in [5.74, 6) is 0.639. The maximum absolute atomic E-state index is 12.3. The Hall–Kier alpha value is -3.35. The van der Waals surface area contributed by atoms with Crippen LogP contribution in [-0.4, -0.2) is 37.4 Å². The van der Waals surface area contributed by atoms with E-state index >= 15 is 0 Å². The summed E-state index contributed by atoms with van der Waals surface area (Å²) in [7, 11) is 1.59. The quantitative estimate of drug-likeness (QED) is 0.796. The standard InChI is InChI=1S/C20H21N3O4/c1-13(24)14-3-5-15(6-4-14)21-20(26)22-16-11-19(25)23(12-16)17-7-9-18(27-2)10-8-17/h3-10,16H,11-12H2,1-2H3,(H2,21,22,26). The van der Waals surface area contributed by atoms with Crippen molar-refractivity contribution in [1.29, 1.82) is 0 Å². The molecule has 0 bridgehead atoms. The fourth-order valence-electron chi connectivity index (χ4n) is 2.96. The molecule has 1 heterocycles. The first kappa shape index (κ1) is 18.4. The Balaban J connectivity index is 1.57. The van der Waals surface area contributed by atoms with Crippen LogP contribution in [0.25, 0.3) is 0 Å². The lowest BCUT2D eigenvalue weighted by Crippen LogP contribution is -2.39. The molecule has 0 radical (unpaired) electrons. The van der Waals surface area contributed by atoms with Gasteiger partial charge >= 0.3 is 6.03 Å². The molecule has 0 aliphatic carbocycles. The predicted molar refractivity (Wildman–Crippen MR) is 102 cm³/mol. The molecule has 140 valence electrons. The monoisotopic (exact) mass is 367 g/mol. The summed E-state index contributed by atoms with van der Waals surface area (Å²) < 4.78 is 5.12. The number of Topliss-reactive ketones (excluding diaryl/α,β-unsaturated/α-hetero) is 1. The smallest absolute Gasteiger partial charge is 0.319 e. The van der Waals surface area contributed by atoms with E-state index in [1.165, 1.54) is 6.92 Å². The lowest BCUT2D eigenvalue weighted by molar-refractivity contribution is -0.117. The van der Waals surface area contributed by atoms with Gasteiger partial charge in [0.05, 0.1) is 13.2 Å². The van der Waals surface area contributed by atoms with Crippen LogP contribution >= 0.6 is 0 Å². The first-order valence-electron chi connectivity index (χ1n) is 8.59. The second-order valence-corrected chi connectivity index (χ2v) is 6.34. The Morgan fingerprint density at radius 3 is 2.33 bits per heavy atom. The number of nitrogens with one attached hydrogen (secondary N) is 2. The normalized spacial score (nSPS) is 16.1. The second kappa shape index (κ2) is 7.90. The average Bonchev–Trinajstić information content (AvgIpc) is 3.02. The summed E-state index contributed by atoms with van der Waals surface area (Å²) in [6, 6.07) is 13.2. The molecule has 0 aromatic heterocycles. The van der Waals surface area contributed by atoms with E-state index in [2.05, 4.69) is 10.6 Å². The summed E-state index contributed by atoms with van der Waals surface area (Å²) in [6.07, 6.45) is 0.239. The number of hydrogen-bond donors (Lipinski definition) is 2. The number of carbonyl (C=O) groups excluding carboxylic acids is 3. The summed E-state index contributed by atoms with van der Waals surface area (Å²) in [4.78, 5) is 37.4. The van der Waals surface area contributed by atoms with E-state index in [0.29, 0.717) is 17.8 Å². The van der Waals surface area contributed by atoms with Gasteiger partial charge in [-0.3, -0.25) is 9.59 Å². The van der Waals surface area contributed by atoms with Crippen LogP contribution in [0.4, 0.5) is 16.2 Å². The third-order valence-corrected chi connectivity index (χ3v) is 4.39. The minimum Gasteiger partial charge on any atom is -0.497 e. The zero-order chi connectivity index (χ0) is 19.4. The van der Waals surface area contributed by atoms with Crippen LogP contribution in [0.3, 0.4) is 0 Å². The molecule has 1 aliphatic rings. The molecular formula is C20H21N3O4.